The summed E-state index contributed by atoms with van der Waals surface area (Å²) in [5.41, 5.74) is 5.19. The van der Waals surface area contributed by atoms with Crippen molar-refractivity contribution in [1.82, 2.24) is 4.90 Å². The average Bonchev–Trinajstić information content (AvgIpc) is 2.44. The van der Waals surface area contributed by atoms with Crippen LogP contribution in [0.15, 0.2) is 34.2 Å². The minimum atomic E-state index is -4.07. The van der Waals surface area contributed by atoms with Gasteiger partial charge in [-0.05, 0) is 11.6 Å². The summed E-state index contributed by atoms with van der Waals surface area (Å²) in [6.07, 6.45) is 0.741. The van der Waals surface area contributed by atoms with Gasteiger partial charge in [0.25, 0.3) is 11.6 Å². The average molecular weight is 297 g/mol. The number of fused-ring (bicyclic) bond motifs is 1. The third-order valence-electron chi connectivity index (χ3n) is 2.95. The topological polar surface area (TPSA) is 124 Å². The second-order valence-electron chi connectivity index (χ2n) is 4.24. The molecule has 0 aromatic heterocycles. The number of rotatable bonds is 1. The molecule has 20 heavy (non-hydrogen) atoms. The Morgan fingerprint density at radius 3 is 2.65 bits per heavy atom. The molecule has 1 aromatic carbocycles. The van der Waals surface area contributed by atoms with Crippen molar-refractivity contribution in [3.8, 4) is 0 Å². The molecule has 2 N–H and O–H groups in total. The molecule has 0 bridgehead atoms. The van der Waals surface area contributed by atoms with E-state index in [1.807, 2.05) is 0 Å². The summed E-state index contributed by atoms with van der Waals surface area (Å²) in [6, 6.07) is 3.36. The molecule has 1 aromatic rings. The molecule has 106 valence electrons. The Bertz CT molecular complexity index is 738. The highest BCUT2D eigenvalue weighted by molar-refractivity contribution is 7.96. The van der Waals surface area contributed by atoms with Gasteiger partial charge in [0.05, 0.1) is 9.82 Å². The number of benzene rings is 1. The van der Waals surface area contributed by atoms with Crippen molar-refractivity contribution in [3.63, 3.8) is 0 Å². The van der Waals surface area contributed by atoms with E-state index >= 15 is 0 Å². The summed E-state index contributed by atoms with van der Waals surface area (Å²) >= 11 is 0. The van der Waals surface area contributed by atoms with Crippen LogP contribution in [0.5, 0.6) is 0 Å². The van der Waals surface area contributed by atoms with Crippen LogP contribution in [0.1, 0.15) is 5.56 Å². The van der Waals surface area contributed by atoms with Gasteiger partial charge in [-0.15, -0.1) is 0 Å². The standard InChI is InChI=1S/C11H11N3O5S/c1-13-6-7-4-8(14(16)17)2-3-9(7)20(18,19)10(5-12)11(13)15/h2-5H,6,12H2,1H3/b10-5+. The van der Waals surface area contributed by atoms with Gasteiger partial charge in [-0.2, -0.15) is 0 Å². The number of nitro groups is 1. The number of likely N-dealkylation sites (N-methyl/N-ethyl adjacent to an activating group) is 1. The third-order valence-corrected chi connectivity index (χ3v) is 4.82. The molecule has 0 spiro atoms. The fraction of sp³-hybridized carbons (Fsp3) is 0.182. The second kappa shape index (κ2) is 4.60. The molecule has 8 nitrogen and oxygen atoms in total. The number of carbonyl (C=O) groups excluding carboxylic acids is 1. The maximum atomic E-state index is 12.3. The summed E-state index contributed by atoms with van der Waals surface area (Å²) in [6.45, 7) is -0.0492. The van der Waals surface area contributed by atoms with Crippen LogP contribution in [0.3, 0.4) is 0 Å². The number of hydrogen-bond donors (Lipinski definition) is 1. The van der Waals surface area contributed by atoms with E-state index < -0.39 is 25.6 Å². The molecule has 0 atom stereocenters. The quantitative estimate of drug-likeness (QED) is 0.446. The number of non-ortho nitro benzene ring substituents is 1. The van der Waals surface area contributed by atoms with Gasteiger partial charge in [-0.25, -0.2) is 8.42 Å². The van der Waals surface area contributed by atoms with Gasteiger partial charge < -0.3 is 10.6 Å². The minimum absolute atomic E-state index is 0.0492. The highest BCUT2D eigenvalue weighted by Gasteiger charge is 2.35. The zero-order valence-corrected chi connectivity index (χ0v) is 11.3. The molecule has 0 fully saturated rings. The number of nitrogens with two attached hydrogens (primary N) is 1. The maximum Gasteiger partial charge on any atom is 0.269 e. The predicted molar refractivity (Wildman–Crippen MR) is 69.0 cm³/mol. The van der Waals surface area contributed by atoms with E-state index in [1.165, 1.54) is 7.05 Å². The normalized spacial score (nSPS) is 19.6. The number of hydrogen-bond acceptors (Lipinski definition) is 6. The molecule has 0 saturated heterocycles. The van der Waals surface area contributed by atoms with E-state index in [0.29, 0.717) is 0 Å². The highest BCUT2D eigenvalue weighted by atomic mass is 32.2. The van der Waals surface area contributed by atoms with Gasteiger partial charge in [0, 0.05) is 31.9 Å². The molecule has 0 radical (unpaired) electrons. The van der Waals surface area contributed by atoms with Gasteiger partial charge >= 0.3 is 0 Å². The molecule has 2 rings (SSSR count). The minimum Gasteiger partial charge on any atom is -0.403 e. The van der Waals surface area contributed by atoms with E-state index in [0.717, 1.165) is 29.3 Å². The molecular weight excluding hydrogens is 286 g/mol. The lowest BCUT2D eigenvalue weighted by atomic mass is 10.2. The molecule has 1 amide bonds. The number of amides is 1. The van der Waals surface area contributed by atoms with Crippen molar-refractivity contribution in [3.05, 3.63) is 45.0 Å². The maximum absolute atomic E-state index is 12.3. The monoisotopic (exact) mass is 297 g/mol. The van der Waals surface area contributed by atoms with Crippen LogP contribution in [0, 0.1) is 10.1 Å². The zero-order valence-electron chi connectivity index (χ0n) is 10.4. The molecule has 0 unspecified atom stereocenters. The van der Waals surface area contributed by atoms with Crippen LogP contribution in [-0.4, -0.2) is 31.2 Å². The summed E-state index contributed by atoms with van der Waals surface area (Å²) in [5.74, 6) is -0.744. The van der Waals surface area contributed by atoms with E-state index in [-0.39, 0.29) is 22.7 Å². The van der Waals surface area contributed by atoms with Crippen LogP contribution in [0.2, 0.25) is 0 Å². The molecule has 1 aliphatic rings. The zero-order chi connectivity index (χ0) is 15.1. The first-order valence-corrected chi connectivity index (χ1v) is 6.97. The summed E-state index contributed by atoms with van der Waals surface area (Å²) in [5, 5.41) is 10.7. The molecular formula is C11H11N3O5S. The second-order valence-corrected chi connectivity index (χ2v) is 6.13. The SMILES string of the molecule is CN1Cc2cc([N+](=O)[O-])ccc2S(=O)(=O)/C(=C/N)C1=O. The van der Waals surface area contributed by atoms with Gasteiger partial charge in [0.2, 0.25) is 9.84 Å². The van der Waals surface area contributed by atoms with Crippen LogP contribution in [-0.2, 0) is 21.2 Å². The lowest BCUT2D eigenvalue weighted by Crippen LogP contribution is -2.28. The van der Waals surface area contributed by atoms with Gasteiger partial charge in [-0.1, -0.05) is 0 Å². The lowest BCUT2D eigenvalue weighted by molar-refractivity contribution is -0.385. The number of sulfone groups is 1. The fourth-order valence-corrected chi connectivity index (χ4v) is 3.49. The molecule has 1 heterocycles. The summed E-state index contributed by atoms with van der Waals surface area (Å²) in [4.78, 5) is 22.5. The molecule has 0 saturated carbocycles. The van der Waals surface area contributed by atoms with Crippen molar-refractivity contribution in [2.45, 2.75) is 11.4 Å². The molecule has 1 aliphatic heterocycles. The van der Waals surface area contributed by atoms with Gasteiger partial charge in [-0.3, -0.25) is 14.9 Å². The Hall–Kier alpha value is -2.42. The summed E-state index contributed by atoms with van der Waals surface area (Å²) in [7, 11) is -2.67. The van der Waals surface area contributed by atoms with Crippen LogP contribution < -0.4 is 5.73 Å². The van der Waals surface area contributed by atoms with Crippen molar-refractivity contribution >= 4 is 21.4 Å². The summed E-state index contributed by atoms with van der Waals surface area (Å²) < 4.78 is 24.7. The fourth-order valence-electron chi connectivity index (χ4n) is 1.97. The highest BCUT2D eigenvalue weighted by Crippen LogP contribution is 2.31. The van der Waals surface area contributed by atoms with Gasteiger partial charge in [0.15, 0.2) is 4.91 Å². The van der Waals surface area contributed by atoms with E-state index in [9.17, 15) is 23.3 Å². The number of nitro benzene ring substituents is 1. The number of nitrogens with zero attached hydrogens (tertiary/aromatic N) is 2. The third kappa shape index (κ3) is 2.01. The van der Waals surface area contributed by atoms with Crippen molar-refractivity contribution in [2.75, 3.05) is 7.05 Å². The first kappa shape index (κ1) is 14.0. The van der Waals surface area contributed by atoms with Crippen LogP contribution in [0.25, 0.3) is 0 Å². The first-order chi connectivity index (χ1) is 9.28. The Labute approximate surface area is 114 Å². The van der Waals surface area contributed by atoms with E-state index in [2.05, 4.69) is 0 Å². The molecule has 0 aliphatic carbocycles. The smallest absolute Gasteiger partial charge is 0.269 e. The first-order valence-electron chi connectivity index (χ1n) is 5.49. The van der Waals surface area contributed by atoms with Crippen LogP contribution in [0.4, 0.5) is 5.69 Å². The van der Waals surface area contributed by atoms with E-state index in [1.54, 1.807) is 0 Å². The van der Waals surface area contributed by atoms with E-state index in [4.69, 9.17) is 5.73 Å². The predicted octanol–water partition coefficient (Wildman–Crippen LogP) is 0.141. The molecule has 9 heteroatoms. The Morgan fingerprint density at radius 1 is 1.45 bits per heavy atom. The van der Waals surface area contributed by atoms with Crippen molar-refractivity contribution < 1.29 is 18.1 Å². The van der Waals surface area contributed by atoms with Crippen molar-refractivity contribution in [2.24, 2.45) is 5.73 Å². The lowest BCUT2D eigenvalue weighted by Gasteiger charge is -2.13. The van der Waals surface area contributed by atoms with Gasteiger partial charge in [0.1, 0.15) is 0 Å². The Kier molecular flexibility index (Phi) is 3.22. The van der Waals surface area contributed by atoms with Crippen molar-refractivity contribution in [1.29, 1.82) is 0 Å². The number of carbonyl (C=O) groups is 1. The largest absolute Gasteiger partial charge is 0.403 e. The Balaban J connectivity index is 2.76. The van der Waals surface area contributed by atoms with Crippen LogP contribution >= 0.6 is 0 Å². The Morgan fingerprint density at radius 2 is 2.10 bits per heavy atom.